The summed E-state index contributed by atoms with van der Waals surface area (Å²) < 4.78 is 3.39. The van der Waals surface area contributed by atoms with Crippen LogP contribution < -0.4 is 9.62 Å². The van der Waals surface area contributed by atoms with Crippen LogP contribution in [-0.4, -0.2) is 18.1 Å². The zero-order valence-electron chi connectivity index (χ0n) is 12.3. The molecule has 0 aliphatic carbocycles. The molecule has 1 saturated heterocycles. The van der Waals surface area contributed by atoms with E-state index in [0.717, 1.165) is 12.5 Å². The number of rotatable bonds is 5. The Kier molecular flexibility index (Phi) is 4.78. The number of aromatic nitrogens is 1. The number of pyridine rings is 1. The highest BCUT2D eigenvalue weighted by Crippen LogP contribution is 2.25. The SMILES string of the molecule is CC1CCN(c2ccc(SNCc3ccncc3)cc2)C1. The maximum absolute atomic E-state index is 4.03. The van der Waals surface area contributed by atoms with Crippen molar-refractivity contribution in [2.24, 2.45) is 5.92 Å². The van der Waals surface area contributed by atoms with Crippen LogP contribution in [0, 0.1) is 5.92 Å². The molecule has 3 nitrogen and oxygen atoms in total. The molecule has 2 aromatic rings. The van der Waals surface area contributed by atoms with Crippen LogP contribution in [-0.2, 0) is 6.54 Å². The third-order valence-corrected chi connectivity index (χ3v) is 4.64. The third-order valence-electron chi connectivity index (χ3n) is 3.84. The van der Waals surface area contributed by atoms with Gasteiger partial charge in [0.2, 0.25) is 0 Å². The van der Waals surface area contributed by atoms with Gasteiger partial charge in [-0.05, 0) is 66.2 Å². The van der Waals surface area contributed by atoms with E-state index in [2.05, 4.69) is 45.8 Å². The van der Waals surface area contributed by atoms with Gasteiger partial charge in [0.1, 0.15) is 0 Å². The van der Waals surface area contributed by atoms with Crippen LogP contribution in [0.4, 0.5) is 5.69 Å². The molecule has 1 aromatic heterocycles. The summed E-state index contributed by atoms with van der Waals surface area (Å²) >= 11 is 1.68. The summed E-state index contributed by atoms with van der Waals surface area (Å²) in [5.74, 6) is 0.820. The molecule has 1 unspecified atom stereocenters. The minimum absolute atomic E-state index is 0.820. The van der Waals surface area contributed by atoms with E-state index in [4.69, 9.17) is 0 Å². The average Bonchev–Trinajstić information content (AvgIpc) is 2.96. The summed E-state index contributed by atoms with van der Waals surface area (Å²) in [5, 5.41) is 0. The van der Waals surface area contributed by atoms with Gasteiger partial charge in [0, 0.05) is 42.6 Å². The van der Waals surface area contributed by atoms with Crippen LogP contribution in [0.15, 0.2) is 53.7 Å². The van der Waals surface area contributed by atoms with Crippen molar-refractivity contribution in [2.45, 2.75) is 24.8 Å². The summed E-state index contributed by atoms with van der Waals surface area (Å²) in [6, 6.07) is 12.9. The van der Waals surface area contributed by atoms with E-state index >= 15 is 0 Å². The van der Waals surface area contributed by atoms with Gasteiger partial charge in [-0.15, -0.1) is 0 Å². The van der Waals surface area contributed by atoms with Crippen LogP contribution in [0.3, 0.4) is 0 Å². The fourth-order valence-electron chi connectivity index (χ4n) is 2.60. The molecule has 4 heteroatoms. The molecule has 1 fully saturated rings. The van der Waals surface area contributed by atoms with Gasteiger partial charge in [0.15, 0.2) is 0 Å². The molecule has 21 heavy (non-hydrogen) atoms. The minimum atomic E-state index is 0.820. The Morgan fingerprint density at radius 1 is 1.19 bits per heavy atom. The molecule has 3 rings (SSSR count). The van der Waals surface area contributed by atoms with E-state index in [0.29, 0.717) is 0 Å². The molecule has 1 atom stereocenters. The molecular formula is C17H21N3S. The summed E-state index contributed by atoms with van der Waals surface area (Å²) in [5.41, 5.74) is 2.60. The maximum Gasteiger partial charge on any atom is 0.0367 e. The second kappa shape index (κ2) is 6.96. The van der Waals surface area contributed by atoms with Gasteiger partial charge < -0.3 is 4.90 Å². The van der Waals surface area contributed by atoms with Crippen molar-refractivity contribution < 1.29 is 0 Å². The lowest BCUT2D eigenvalue weighted by atomic mass is 10.2. The Labute approximate surface area is 130 Å². The quantitative estimate of drug-likeness (QED) is 0.852. The predicted molar refractivity (Wildman–Crippen MR) is 89.4 cm³/mol. The van der Waals surface area contributed by atoms with Crippen LogP contribution in [0.5, 0.6) is 0 Å². The predicted octanol–water partition coefficient (Wildman–Crippen LogP) is 3.72. The highest BCUT2D eigenvalue weighted by atomic mass is 32.2. The summed E-state index contributed by atoms with van der Waals surface area (Å²) in [6.07, 6.45) is 4.96. The second-order valence-corrected chi connectivity index (χ2v) is 6.58. The van der Waals surface area contributed by atoms with Gasteiger partial charge in [-0.25, -0.2) is 0 Å². The molecule has 0 bridgehead atoms. The van der Waals surface area contributed by atoms with Gasteiger partial charge in [-0.3, -0.25) is 9.71 Å². The normalized spacial score (nSPS) is 18.1. The minimum Gasteiger partial charge on any atom is -0.371 e. The second-order valence-electron chi connectivity index (χ2n) is 5.61. The van der Waals surface area contributed by atoms with Crippen molar-refractivity contribution in [3.8, 4) is 0 Å². The lowest BCUT2D eigenvalue weighted by Gasteiger charge is -2.18. The van der Waals surface area contributed by atoms with E-state index in [-0.39, 0.29) is 0 Å². The van der Waals surface area contributed by atoms with E-state index in [1.807, 2.05) is 24.5 Å². The number of benzene rings is 1. The monoisotopic (exact) mass is 299 g/mol. The number of hydrogen-bond acceptors (Lipinski definition) is 4. The van der Waals surface area contributed by atoms with Crippen LogP contribution >= 0.6 is 11.9 Å². The van der Waals surface area contributed by atoms with Crippen LogP contribution in [0.1, 0.15) is 18.9 Å². The van der Waals surface area contributed by atoms with Crippen molar-refractivity contribution in [2.75, 3.05) is 18.0 Å². The molecule has 0 radical (unpaired) electrons. The first kappa shape index (κ1) is 14.4. The van der Waals surface area contributed by atoms with Crippen LogP contribution in [0.25, 0.3) is 0 Å². The van der Waals surface area contributed by atoms with Crippen molar-refractivity contribution in [1.29, 1.82) is 0 Å². The summed E-state index contributed by atoms with van der Waals surface area (Å²) in [6.45, 7) is 5.55. The number of nitrogens with one attached hydrogen (secondary N) is 1. The molecule has 0 saturated carbocycles. The zero-order valence-corrected chi connectivity index (χ0v) is 13.1. The van der Waals surface area contributed by atoms with Gasteiger partial charge in [0.25, 0.3) is 0 Å². The summed E-state index contributed by atoms with van der Waals surface area (Å²) in [4.78, 5) is 7.75. The van der Waals surface area contributed by atoms with E-state index in [1.54, 1.807) is 11.9 Å². The first-order valence-corrected chi connectivity index (χ1v) is 8.26. The average molecular weight is 299 g/mol. The molecule has 0 amide bonds. The van der Waals surface area contributed by atoms with Crippen molar-refractivity contribution >= 4 is 17.6 Å². The fourth-order valence-corrected chi connectivity index (χ4v) is 3.28. The number of anilines is 1. The third kappa shape index (κ3) is 3.99. The lowest BCUT2D eigenvalue weighted by molar-refractivity contribution is 0.659. The molecule has 0 spiro atoms. The van der Waals surface area contributed by atoms with Crippen molar-refractivity contribution in [3.63, 3.8) is 0 Å². The Hall–Kier alpha value is -1.52. The van der Waals surface area contributed by atoms with Crippen LogP contribution in [0.2, 0.25) is 0 Å². The first-order valence-electron chi connectivity index (χ1n) is 7.45. The Morgan fingerprint density at radius 2 is 1.95 bits per heavy atom. The molecular weight excluding hydrogens is 278 g/mol. The van der Waals surface area contributed by atoms with Crippen molar-refractivity contribution in [1.82, 2.24) is 9.71 Å². The van der Waals surface area contributed by atoms with Gasteiger partial charge in [-0.1, -0.05) is 6.92 Å². The van der Waals surface area contributed by atoms with Gasteiger partial charge in [0.05, 0.1) is 0 Å². The first-order chi connectivity index (χ1) is 10.3. The van der Waals surface area contributed by atoms with Crippen molar-refractivity contribution in [3.05, 3.63) is 54.4 Å². The van der Waals surface area contributed by atoms with E-state index in [1.165, 1.54) is 35.7 Å². The van der Waals surface area contributed by atoms with Gasteiger partial charge in [-0.2, -0.15) is 0 Å². The van der Waals surface area contributed by atoms with E-state index < -0.39 is 0 Å². The topological polar surface area (TPSA) is 28.2 Å². The smallest absolute Gasteiger partial charge is 0.0367 e. The largest absolute Gasteiger partial charge is 0.371 e. The highest BCUT2D eigenvalue weighted by molar-refractivity contribution is 7.97. The van der Waals surface area contributed by atoms with E-state index in [9.17, 15) is 0 Å². The zero-order chi connectivity index (χ0) is 14.5. The molecule has 1 aromatic carbocycles. The maximum atomic E-state index is 4.03. The number of hydrogen-bond donors (Lipinski definition) is 1. The lowest BCUT2D eigenvalue weighted by Crippen LogP contribution is -2.18. The summed E-state index contributed by atoms with van der Waals surface area (Å²) in [7, 11) is 0. The molecule has 110 valence electrons. The Balaban J connectivity index is 1.50. The fraction of sp³-hybridized carbons (Fsp3) is 0.353. The molecule has 1 aliphatic rings. The standard InChI is InChI=1S/C17H21N3S/c1-14-8-11-20(13-14)16-2-4-17(5-3-16)21-19-12-15-6-9-18-10-7-15/h2-7,9-10,14,19H,8,11-13H2,1H3. The number of nitrogens with zero attached hydrogens (tertiary/aromatic N) is 2. The Bertz CT molecular complexity index is 556. The molecule has 2 heterocycles. The highest BCUT2D eigenvalue weighted by Gasteiger charge is 2.18. The van der Waals surface area contributed by atoms with Gasteiger partial charge >= 0.3 is 0 Å². The molecule has 1 N–H and O–H groups in total. The molecule has 1 aliphatic heterocycles. The Morgan fingerprint density at radius 3 is 2.62 bits per heavy atom.